The summed E-state index contributed by atoms with van der Waals surface area (Å²) in [7, 11) is 0. The number of carboxylic acid groups (broad SMARTS) is 1. The molecule has 0 bridgehead atoms. The molecule has 0 spiro atoms. The van der Waals surface area contributed by atoms with Crippen molar-refractivity contribution in [3.05, 3.63) is 38.7 Å². The number of hydrogen-bond donors (Lipinski definition) is 2. The number of aromatic nitrogens is 1. The topological polar surface area (TPSA) is 109 Å². The van der Waals surface area contributed by atoms with Crippen LogP contribution in [0.2, 0.25) is 0 Å². The molecule has 3 rings (SSSR count). The summed E-state index contributed by atoms with van der Waals surface area (Å²) in [4.78, 5) is 26.5. The summed E-state index contributed by atoms with van der Waals surface area (Å²) in [5, 5.41) is 23.4. The quantitative estimate of drug-likeness (QED) is 0.569. The Kier molecular flexibility index (Phi) is 4.90. The highest BCUT2D eigenvalue weighted by Crippen LogP contribution is 2.35. The second-order valence-electron chi connectivity index (χ2n) is 5.84. The average Bonchev–Trinajstić information content (AvgIpc) is 2.57. The first kappa shape index (κ1) is 18.2. The average molecular weight is 431 g/mol. The normalized spacial score (nSPS) is 20.2. The minimum atomic E-state index is -1.55. The Morgan fingerprint density at radius 3 is 2.85 bits per heavy atom. The lowest BCUT2D eigenvalue weighted by molar-refractivity contribution is -0.384. The van der Waals surface area contributed by atoms with E-state index in [1.807, 2.05) is 0 Å². The number of benzene rings is 1. The number of fused-ring (bicyclic) bond motifs is 1. The third-order valence-corrected chi connectivity index (χ3v) is 4.84. The smallest absolute Gasteiger partial charge is 0.407 e. The highest BCUT2D eigenvalue weighted by Gasteiger charge is 2.33. The van der Waals surface area contributed by atoms with Gasteiger partial charge in [-0.2, -0.15) is 0 Å². The minimum absolute atomic E-state index is 0.0251. The van der Waals surface area contributed by atoms with Crippen molar-refractivity contribution >= 4 is 44.3 Å². The molecule has 138 valence electrons. The van der Waals surface area contributed by atoms with E-state index in [-0.39, 0.29) is 46.3 Å². The lowest BCUT2D eigenvalue weighted by Crippen LogP contribution is -2.49. The number of anilines is 1. The molecule has 0 radical (unpaired) electrons. The monoisotopic (exact) mass is 430 g/mol. The van der Waals surface area contributed by atoms with E-state index in [2.05, 4.69) is 26.2 Å². The van der Waals surface area contributed by atoms with Crippen LogP contribution in [0.15, 0.2) is 22.8 Å². The summed E-state index contributed by atoms with van der Waals surface area (Å²) < 4.78 is 28.2. The fourth-order valence-electron chi connectivity index (χ4n) is 2.89. The van der Waals surface area contributed by atoms with Crippen molar-refractivity contribution in [1.29, 1.82) is 0 Å². The SMILES string of the molecule is O=C(O)N1CC[C@H](Nc2c([N+](=O)[O-])cnc3cc(F)c(Br)cc23)[C@@H](F)C1. The van der Waals surface area contributed by atoms with Crippen LogP contribution >= 0.6 is 15.9 Å². The van der Waals surface area contributed by atoms with E-state index in [1.54, 1.807) is 0 Å². The zero-order valence-corrected chi connectivity index (χ0v) is 14.7. The minimum Gasteiger partial charge on any atom is -0.465 e. The second-order valence-corrected chi connectivity index (χ2v) is 6.70. The van der Waals surface area contributed by atoms with Crippen molar-refractivity contribution in [2.75, 3.05) is 18.4 Å². The van der Waals surface area contributed by atoms with Crippen molar-refractivity contribution < 1.29 is 23.6 Å². The van der Waals surface area contributed by atoms with E-state index < -0.39 is 29.0 Å². The molecule has 2 heterocycles. The zero-order valence-electron chi connectivity index (χ0n) is 13.2. The third-order valence-electron chi connectivity index (χ3n) is 4.23. The van der Waals surface area contributed by atoms with Gasteiger partial charge in [0.25, 0.3) is 0 Å². The van der Waals surface area contributed by atoms with Gasteiger partial charge >= 0.3 is 11.8 Å². The first-order chi connectivity index (χ1) is 12.3. The molecule has 11 heteroatoms. The molecule has 1 fully saturated rings. The fourth-order valence-corrected chi connectivity index (χ4v) is 3.24. The predicted molar refractivity (Wildman–Crippen MR) is 92.6 cm³/mol. The molecular formula is C15H13BrF2N4O4. The number of carbonyl (C=O) groups is 1. The number of nitrogens with zero attached hydrogens (tertiary/aromatic N) is 3. The number of halogens is 3. The van der Waals surface area contributed by atoms with Crippen LogP contribution in [0.3, 0.4) is 0 Å². The summed E-state index contributed by atoms with van der Waals surface area (Å²) >= 11 is 3.03. The Hall–Kier alpha value is -2.56. The molecule has 1 aromatic heterocycles. The number of hydrogen-bond acceptors (Lipinski definition) is 5. The van der Waals surface area contributed by atoms with Crippen LogP contribution < -0.4 is 5.32 Å². The molecule has 0 unspecified atom stereocenters. The van der Waals surface area contributed by atoms with Crippen LogP contribution in [0.5, 0.6) is 0 Å². The summed E-state index contributed by atoms with van der Waals surface area (Å²) in [5.41, 5.74) is -0.168. The van der Waals surface area contributed by atoms with Gasteiger partial charge in [0.2, 0.25) is 0 Å². The molecule has 1 aliphatic rings. The lowest BCUT2D eigenvalue weighted by Gasteiger charge is -2.34. The molecule has 1 amide bonds. The Bertz CT molecular complexity index is 898. The van der Waals surface area contributed by atoms with E-state index in [0.29, 0.717) is 0 Å². The number of nitro groups is 1. The van der Waals surface area contributed by atoms with Crippen molar-refractivity contribution in [3.8, 4) is 0 Å². The Morgan fingerprint density at radius 1 is 1.50 bits per heavy atom. The van der Waals surface area contributed by atoms with Crippen LogP contribution in [0.4, 0.5) is 25.0 Å². The first-order valence-corrected chi connectivity index (χ1v) is 8.38. The summed E-state index contributed by atoms with van der Waals surface area (Å²) in [6.45, 7) is -0.231. The number of amides is 1. The van der Waals surface area contributed by atoms with E-state index in [4.69, 9.17) is 5.11 Å². The highest BCUT2D eigenvalue weighted by atomic mass is 79.9. The molecule has 2 N–H and O–H groups in total. The van der Waals surface area contributed by atoms with Crippen LogP contribution in [0.25, 0.3) is 10.9 Å². The Morgan fingerprint density at radius 2 is 2.23 bits per heavy atom. The molecule has 26 heavy (non-hydrogen) atoms. The van der Waals surface area contributed by atoms with Crippen molar-refractivity contribution in [2.24, 2.45) is 0 Å². The molecule has 0 aliphatic carbocycles. The number of nitrogens with one attached hydrogen (secondary N) is 1. The molecular weight excluding hydrogens is 418 g/mol. The predicted octanol–water partition coefficient (Wildman–Crippen LogP) is 3.55. The molecule has 0 saturated carbocycles. The second kappa shape index (κ2) is 6.98. The van der Waals surface area contributed by atoms with Gasteiger partial charge in [0.15, 0.2) is 0 Å². The van der Waals surface area contributed by atoms with E-state index in [1.165, 1.54) is 6.07 Å². The third kappa shape index (κ3) is 3.39. The largest absolute Gasteiger partial charge is 0.465 e. The molecule has 1 saturated heterocycles. The molecule has 1 aliphatic heterocycles. The molecule has 8 nitrogen and oxygen atoms in total. The van der Waals surface area contributed by atoms with E-state index in [9.17, 15) is 23.7 Å². The lowest BCUT2D eigenvalue weighted by atomic mass is 10.0. The van der Waals surface area contributed by atoms with Gasteiger partial charge in [-0.15, -0.1) is 0 Å². The van der Waals surface area contributed by atoms with Gasteiger partial charge in [-0.05, 0) is 28.4 Å². The summed E-state index contributed by atoms with van der Waals surface area (Å²) in [6, 6.07) is 1.64. The molecule has 2 atom stereocenters. The van der Waals surface area contributed by atoms with Crippen LogP contribution in [0, 0.1) is 15.9 Å². The van der Waals surface area contributed by atoms with Gasteiger partial charge < -0.3 is 15.3 Å². The van der Waals surface area contributed by atoms with Gasteiger partial charge in [-0.25, -0.2) is 18.6 Å². The number of rotatable bonds is 3. The maximum absolute atomic E-state index is 14.4. The molecule has 1 aromatic carbocycles. The van der Waals surface area contributed by atoms with Gasteiger partial charge in [0.1, 0.15) is 23.9 Å². The van der Waals surface area contributed by atoms with Crippen molar-refractivity contribution in [1.82, 2.24) is 9.88 Å². The van der Waals surface area contributed by atoms with Crippen LogP contribution in [-0.2, 0) is 0 Å². The van der Waals surface area contributed by atoms with Gasteiger partial charge in [-0.3, -0.25) is 10.1 Å². The maximum Gasteiger partial charge on any atom is 0.407 e. The molecule has 2 aromatic rings. The fraction of sp³-hybridized carbons (Fsp3) is 0.333. The van der Waals surface area contributed by atoms with Gasteiger partial charge in [-0.1, -0.05) is 0 Å². The number of alkyl halides is 1. The number of pyridine rings is 1. The zero-order chi connectivity index (χ0) is 19.0. The first-order valence-electron chi connectivity index (χ1n) is 7.58. The number of likely N-dealkylation sites (tertiary alicyclic amines) is 1. The Balaban J connectivity index is 2.00. The van der Waals surface area contributed by atoms with Gasteiger partial charge in [0, 0.05) is 18.0 Å². The Labute approximate surface area is 154 Å². The van der Waals surface area contributed by atoms with Crippen molar-refractivity contribution in [3.63, 3.8) is 0 Å². The highest BCUT2D eigenvalue weighted by molar-refractivity contribution is 9.10. The van der Waals surface area contributed by atoms with Gasteiger partial charge in [0.05, 0.1) is 27.5 Å². The van der Waals surface area contributed by atoms with E-state index in [0.717, 1.165) is 17.2 Å². The van der Waals surface area contributed by atoms with Crippen LogP contribution in [0.1, 0.15) is 6.42 Å². The summed E-state index contributed by atoms with van der Waals surface area (Å²) in [5.74, 6) is -0.581. The maximum atomic E-state index is 14.4. The number of piperidine rings is 1. The standard InChI is InChI=1S/C15H13BrF2N4O4/c16-8-3-7-12(4-9(8)17)19-5-13(22(25)26)14(7)20-11-1-2-21(15(23)24)6-10(11)18/h3-5,10-11H,1-2,6H2,(H,19,20)(H,23,24)/t10-,11-/m0/s1. The van der Waals surface area contributed by atoms with E-state index >= 15 is 0 Å². The van der Waals surface area contributed by atoms with Crippen LogP contribution in [-0.4, -0.2) is 51.3 Å². The van der Waals surface area contributed by atoms with Crippen molar-refractivity contribution in [2.45, 2.75) is 18.6 Å². The summed E-state index contributed by atoms with van der Waals surface area (Å²) in [6.07, 6.45) is -1.65.